The number of nitrogens with zero attached hydrogens (tertiary/aromatic N) is 3. The van der Waals surface area contributed by atoms with Crippen LogP contribution in [0.1, 0.15) is 24.2 Å². The maximum Gasteiger partial charge on any atom is 0.227 e. The van der Waals surface area contributed by atoms with Gasteiger partial charge in [-0.3, -0.25) is 9.59 Å². The second-order valence-corrected chi connectivity index (χ2v) is 8.41. The van der Waals surface area contributed by atoms with Gasteiger partial charge >= 0.3 is 0 Å². The quantitative estimate of drug-likeness (QED) is 0.635. The van der Waals surface area contributed by atoms with Crippen molar-refractivity contribution in [3.63, 3.8) is 0 Å². The Hall–Kier alpha value is -3.13. The number of amides is 2. The number of aryl methyl sites for hydroxylation is 1. The van der Waals surface area contributed by atoms with E-state index in [0.717, 1.165) is 16.3 Å². The van der Waals surface area contributed by atoms with Gasteiger partial charge in [-0.25, -0.2) is 9.37 Å². The number of carbonyl (C=O) groups excluding carboxylic acids is 2. The highest BCUT2D eigenvalue weighted by atomic mass is 32.2. The molecule has 8 heteroatoms. The maximum atomic E-state index is 14.5. The van der Waals surface area contributed by atoms with E-state index in [1.54, 1.807) is 52.7 Å². The number of halogens is 1. The molecule has 6 nitrogen and oxygen atoms in total. The first kappa shape index (κ1) is 21.1. The molecular formula is C23H23FN4O2S. The van der Waals surface area contributed by atoms with Crippen molar-refractivity contribution in [1.82, 2.24) is 14.9 Å². The second kappa shape index (κ2) is 9.34. The number of para-hydroxylation sites is 1. The highest BCUT2D eigenvalue weighted by molar-refractivity contribution is 7.99. The second-order valence-electron chi connectivity index (χ2n) is 7.27. The van der Waals surface area contributed by atoms with Crippen LogP contribution in [0, 0.1) is 12.7 Å². The fourth-order valence-electron chi connectivity index (χ4n) is 3.56. The first-order valence-corrected chi connectivity index (χ1v) is 11.1. The number of thioether (sulfide) groups is 1. The van der Waals surface area contributed by atoms with Gasteiger partial charge in [0, 0.05) is 49.0 Å². The van der Waals surface area contributed by atoms with Crippen LogP contribution in [0.15, 0.2) is 59.8 Å². The van der Waals surface area contributed by atoms with E-state index in [1.807, 2.05) is 24.3 Å². The number of carbonyl (C=O) groups is 2. The van der Waals surface area contributed by atoms with Crippen LogP contribution >= 0.6 is 11.8 Å². The number of nitrogens with one attached hydrogen (secondary N) is 1. The molecule has 1 aliphatic rings. The lowest BCUT2D eigenvalue weighted by Crippen LogP contribution is -2.36. The van der Waals surface area contributed by atoms with Crippen molar-refractivity contribution >= 4 is 29.3 Å². The summed E-state index contributed by atoms with van der Waals surface area (Å²) in [5, 5.41) is 2.77. The van der Waals surface area contributed by atoms with E-state index in [0.29, 0.717) is 23.6 Å². The SMILES string of the molecule is Cc1nccn1-c1ccc(CNC(=O)CCC(=O)N2CCSc3ccccc32)cc1F. The minimum Gasteiger partial charge on any atom is -0.352 e. The minimum atomic E-state index is -0.385. The van der Waals surface area contributed by atoms with E-state index in [9.17, 15) is 14.0 Å². The highest BCUT2D eigenvalue weighted by Gasteiger charge is 2.22. The van der Waals surface area contributed by atoms with Crippen LogP contribution in [0.3, 0.4) is 0 Å². The lowest BCUT2D eigenvalue weighted by molar-refractivity contribution is -0.125. The van der Waals surface area contributed by atoms with Gasteiger partial charge in [0.1, 0.15) is 11.6 Å². The molecule has 0 spiro atoms. The molecule has 31 heavy (non-hydrogen) atoms. The van der Waals surface area contributed by atoms with Gasteiger partial charge in [0.15, 0.2) is 0 Å². The fraction of sp³-hybridized carbons (Fsp3) is 0.261. The van der Waals surface area contributed by atoms with Crippen molar-refractivity contribution in [3.8, 4) is 5.69 Å². The number of rotatable bonds is 6. The van der Waals surface area contributed by atoms with Crippen LogP contribution in [-0.2, 0) is 16.1 Å². The Morgan fingerprint density at radius 3 is 2.77 bits per heavy atom. The van der Waals surface area contributed by atoms with Gasteiger partial charge in [0.2, 0.25) is 11.8 Å². The number of hydrogen-bond donors (Lipinski definition) is 1. The maximum absolute atomic E-state index is 14.5. The van der Waals surface area contributed by atoms with Gasteiger partial charge in [0.05, 0.1) is 11.4 Å². The van der Waals surface area contributed by atoms with E-state index in [2.05, 4.69) is 10.3 Å². The normalized spacial score (nSPS) is 13.0. The van der Waals surface area contributed by atoms with Gasteiger partial charge in [-0.2, -0.15) is 0 Å². The third kappa shape index (κ3) is 4.80. The Balaban J connectivity index is 1.30. The molecule has 4 rings (SSSR count). The Bertz CT molecular complexity index is 1110. The number of benzene rings is 2. The molecule has 1 aromatic heterocycles. The van der Waals surface area contributed by atoms with E-state index < -0.39 is 0 Å². The lowest BCUT2D eigenvalue weighted by Gasteiger charge is -2.29. The van der Waals surface area contributed by atoms with Crippen LogP contribution in [-0.4, -0.2) is 33.7 Å². The van der Waals surface area contributed by atoms with Crippen LogP contribution in [0.4, 0.5) is 10.1 Å². The number of imidazole rings is 1. The van der Waals surface area contributed by atoms with Gasteiger partial charge in [-0.15, -0.1) is 11.8 Å². The average Bonchev–Trinajstić information content (AvgIpc) is 3.21. The standard InChI is InChI=1S/C23H23FN4O2S/c1-16-25-10-11-27(16)19-7-6-17(14-18(19)24)15-26-22(29)8-9-23(30)28-12-13-31-21-5-3-2-4-20(21)28/h2-7,10-11,14H,8-9,12-13,15H2,1H3,(H,26,29). The molecule has 1 N–H and O–H groups in total. The van der Waals surface area contributed by atoms with Crippen molar-refractivity contribution in [1.29, 1.82) is 0 Å². The van der Waals surface area contributed by atoms with Crippen LogP contribution in [0.5, 0.6) is 0 Å². The molecule has 0 saturated carbocycles. The molecule has 0 fully saturated rings. The fourth-order valence-corrected chi connectivity index (χ4v) is 4.56. The van der Waals surface area contributed by atoms with Gasteiger partial charge in [0.25, 0.3) is 0 Å². The third-order valence-electron chi connectivity index (χ3n) is 5.18. The van der Waals surface area contributed by atoms with E-state index in [4.69, 9.17) is 0 Å². The summed E-state index contributed by atoms with van der Waals surface area (Å²) in [6.45, 7) is 2.65. The van der Waals surface area contributed by atoms with Crippen molar-refractivity contribution in [2.75, 3.05) is 17.2 Å². The summed E-state index contributed by atoms with van der Waals surface area (Å²) in [5.41, 5.74) is 1.98. The summed E-state index contributed by atoms with van der Waals surface area (Å²) in [4.78, 5) is 31.8. The summed E-state index contributed by atoms with van der Waals surface area (Å²) in [7, 11) is 0. The smallest absolute Gasteiger partial charge is 0.227 e. The molecule has 2 aromatic carbocycles. The first-order valence-electron chi connectivity index (χ1n) is 10.1. The lowest BCUT2D eigenvalue weighted by atomic mass is 10.1. The Morgan fingerprint density at radius 1 is 1.16 bits per heavy atom. The van der Waals surface area contributed by atoms with Crippen molar-refractivity contribution < 1.29 is 14.0 Å². The number of hydrogen-bond acceptors (Lipinski definition) is 4. The van der Waals surface area contributed by atoms with Crippen molar-refractivity contribution in [3.05, 3.63) is 72.1 Å². The van der Waals surface area contributed by atoms with Gasteiger partial charge in [-0.05, 0) is 36.8 Å². The summed E-state index contributed by atoms with van der Waals surface area (Å²) in [5.74, 6) is 0.857. The summed E-state index contributed by atoms with van der Waals surface area (Å²) in [6.07, 6.45) is 3.55. The third-order valence-corrected chi connectivity index (χ3v) is 6.23. The number of anilines is 1. The van der Waals surface area contributed by atoms with E-state index >= 15 is 0 Å². The summed E-state index contributed by atoms with van der Waals surface area (Å²) >= 11 is 1.73. The zero-order valence-corrected chi connectivity index (χ0v) is 18.0. The van der Waals surface area contributed by atoms with E-state index in [-0.39, 0.29) is 37.0 Å². The zero-order valence-electron chi connectivity index (χ0n) is 17.2. The molecule has 2 heterocycles. The van der Waals surface area contributed by atoms with E-state index in [1.165, 1.54) is 6.07 Å². The minimum absolute atomic E-state index is 0.0611. The monoisotopic (exact) mass is 438 g/mol. The molecule has 3 aromatic rings. The predicted molar refractivity (Wildman–Crippen MR) is 119 cm³/mol. The van der Waals surface area contributed by atoms with Crippen molar-refractivity contribution in [2.45, 2.75) is 31.2 Å². The first-order chi connectivity index (χ1) is 15.0. The number of fused-ring (bicyclic) bond motifs is 1. The Labute approximate surface area is 184 Å². The highest BCUT2D eigenvalue weighted by Crippen LogP contribution is 2.34. The molecule has 0 atom stereocenters. The van der Waals surface area contributed by atoms with Gasteiger partial charge in [-0.1, -0.05) is 18.2 Å². The average molecular weight is 439 g/mol. The van der Waals surface area contributed by atoms with Gasteiger partial charge < -0.3 is 14.8 Å². The molecule has 1 aliphatic heterocycles. The van der Waals surface area contributed by atoms with Crippen LogP contribution in [0.25, 0.3) is 5.69 Å². The Kier molecular flexibility index (Phi) is 6.36. The molecule has 0 aliphatic carbocycles. The predicted octanol–water partition coefficient (Wildman–Crippen LogP) is 3.86. The summed E-state index contributed by atoms with van der Waals surface area (Å²) < 4.78 is 16.2. The topological polar surface area (TPSA) is 67.2 Å². The largest absolute Gasteiger partial charge is 0.352 e. The zero-order chi connectivity index (χ0) is 21.8. The van der Waals surface area contributed by atoms with Crippen LogP contribution in [0.2, 0.25) is 0 Å². The Morgan fingerprint density at radius 2 is 2.00 bits per heavy atom. The molecule has 160 valence electrons. The molecule has 0 saturated heterocycles. The molecule has 0 unspecified atom stereocenters. The molecule has 0 bridgehead atoms. The molecule has 0 radical (unpaired) electrons. The molecule has 2 amide bonds. The van der Waals surface area contributed by atoms with Crippen molar-refractivity contribution in [2.24, 2.45) is 0 Å². The molecular weight excluding hydrogens is 415 g/mol. The summed E-state index contributed by atoms with van der Waals surface area (Å²) in [6, 6.07) is 12.7. The van der Waals surface area contributed by atoms with Crippen LogP contribution < -0.4 is 10.2 Å². The number of aromatic nitrogens is 2.